The molecule has 2 N–H and O–H groups in total. The summed E-state index contributed by atoms with van der Waals surface area (Å²) in [5.41, 5.74) is 2.58. The van der Waals surface area contributed by atoms with Crippen LogP contribution in [0.4, 0.5) is 4.79 Å². The molecule has 26 heavy (non-hydrogen) atoms. The number of carboxylic acid groups (broad SMARTS) is 1. The van der Waals surface area contributed by atoms with E-state index in [0.717, 1.165) is 15.3 Å². The SMILES string of the molecule is COC(=O)c1cc(Cl)cc2[nH]c(-c3cc4c(s3)CN(C(=O)O)CC4)nc12. The van der Waals surface area contributed by atoms with Gasteiger partial charge in [0.1, 0.15) is 11.3 Å². The molecule has 3 aromatic rings. The van der Waals surface area contributed by atoms with Gasteiger partial charge in [0.05, 0.1) is 29.6 Å². The molecule has 0 spiro atoms. The summed E-state index contributed by atoms with van der Waals surface area (Å²) in [6, 6.07) is 5.26. The summed E-state index contributed by atoms with van der Waals surface area (Å²) in [7, 11) is 1.31. The molecule has 0 saturated heterocycles. The topological polar surface area (TPSA) is 95.5 Å². The number of thiophene rings is 1. The number of carbonyl (C=O) groups excluding carboxylic acids is 1. The van der Waals surface area contributed by atoms with E-state index >= 15 is 0 Å². The van der Waals surface area contributed by atoms with Gasteiger partial charge in [0.15, 0.2) is 0 Å². The quantitative estimate of drug-likeness (QED) is 0.648. The summed E-state index contributed by atoms with van der Waals surface area (Å²) in [5, 5.41) is 9.58. The Hall–Kier alpha value is -2.58. The summed E-state index contributed by atoms with van der Waals surface area (Å²) in [4.78, 5) is 34.2. The van der Waals surface area contributed by atoms with Crippen molar-refractivity contribution in [2.45, 2.75) is 13.0 Å². The molecule has 4 rings (SSSR count). The summed E-state index contributed by atoms with van der Waals surface area (Å²) < 4.78 is 4.80. The van der Waals surface area contributed by atoms with Gasteiger partial charge in [-0.1, -0.05) is 11.6 Å². The lowest BCUT2D eigenvalue weighted by atomic mass is 10.1. The van der Waals surface area contributed by atoms with Crippen LogP contribution in [0.25, 0.3) is 21.7 Å². The van der Waals surface area contributed by atoms with Crippen molar-refractivity contribution in [3.63, 3.8) is 0 Å². The van der Waals surface area contributed by atoms with Crippen LogP contribution in [0.3, 0.4) is 0 Å². The van der Waals surface area contributed by atoms with Gasteiger partial charge >= 0.3 is 12.1 Å². The largest absolute Gasteiger partial charge is 0.465 e. The predicted octanol–water partition coefficient (Wildman–Crippen LogP) is 3.77. The van der Waals surface area contributed by atoms with Gasteiger partial charge < -0.3 is 19.7 Å². The zero-order chi connectivity index (χ0) is 18.4. The minimum Gasteiger partial charge on any atom is -0.465 e. The van der Waals surface area contributed by atoms with Gasteiger partial charge in [-0.05, 0) is 30.2 Å². The number of methoxy groups -OCH3 is 1. The third kappa shape index (κ3) is 2.81. The van der Waals surface area contributed by atoms with Crippen LogP contribution < -0.4 is 0 Å². The zero-order valence-electron chi connectivity index (χ0n) is 13.7. The van der Waals surface area contributed by atoms with Gasteiger partial charge in [0, 0.05) is 16.4 Å². The fourth-order valence-electron chi connectivity index (χ4n) is 3.06. The number of halogens is 1. The summed E-state index contributed by atoms with van der Waals surface area (Å²) in [6.07, 6.45) is -0.232. The number of nitrogens with one attached hydrogen (secondary N) is 1. The molecule has 1 aromatic carbocycles. The number of rotatable bonds is 2. The Bertz CT molecular complexity index is 1040. The molecule has 0 aliphatic carbocycles. The Kier molecular flexibility index (Phi) is 4.08. The van der Waals surface area contributed by atoms with Crippen molar-refractivity contribution in [2.75, 3.05) is 13.7 Å². The third-order valence-electron chi connectivity index (χ3n) is 4.34. The first-order chi connectivity index (χ1) is 12.5. The van der Waals surface area contributed by atoms with E-state index in [-0.39, 0.29) is 0 Å². The van der Waals surface area contributed by atoms with E-state index in [1.54, 1.807) is 6.07 Å². The van der Waals surface area contributed by atoms with Crippen molar-refractivity contribution >= 4 is 46.0 Å². The molecule has 2 aromatic heterocycles. The molecular formula is C17H14ClN3O4S. The molecule has 134 valence electrons. The Balaban J connectivity index is 1.77. The van der Waals surface area contributed by atoms with Gasteiger partial charge in [0.2, 0.25) is 0 Å². The fraction of sp³-hybridized carbons (Fsp3) is 0.235. The third-order valence-corrected chi connectivity index (χ3v) is 5.73. The van der Waals surface area contributed by atoms with Crippen LogP contribution in [0, 0.1) is 0 Å². The molecule has 0 saturated carbocycles. The summed E-state index contributed by atoms with van der Waals surface area (Å²) in [6.45, 7) is 0.871. The van der Waals surface area contributed by atoms with Crippen LogP contribution in [0.15, 0.2) is 18.2 Å². The van der Waals surface area contributed by atoms with Gasteiger partial charge in [-0.3, -0.25) is 0 Å². The molecule has 9 heteroatoms. The zero-order valence-corrected chi connectivity index (χ0v) is 15.3. The highest BCUT2D eigenvalue weighted by molar-refractivity contribution is 7.15. The maximum atomic E-state index is 12.0. The number of hydrogen-bond donors (Lipinski definition) is 2. The van der Waals surface area contributed by atoms with Crippen LogP contribution >= 0.6 is 22.9 Å². The Labute approximate surface area is 157 Å². The molecule has 0 unspecified atom stereocenters. The van der Waals surface area contributed by atoms with Crippen LogP contribution in [0.5, 0.6) is 0 Å². The van der Waals surface area contributed by atoms with Crippen LogP contribution in [-0.2, 0) is 17.7 Å². The monoisotopic (exact) mass is 391 g/mol. The number of H-pyrrole nitrogens is 1. The summed E-state index contributed by atoms with van der Waals surface area (Å²) in [5.74, 6) is 0.117. The number of benzene rings is 1. The average molecular weight is 392 g/mol. The number of amides is 1. The fourth-order valence-corrected chi connectivity index (χ4v) is 4.45. The van der Waals surface area contributed by atoms with Crippen molar-refractivity contribution in [3.8, 4) is 10.7 Å². The lowest BCUT2D eigenvalue weighted by molar-refractivity contribution is 0.0602. The second-order valence-electron chi connectivity index (χ2n) is 5.94. The maximum Gasteiger partial charge on any atom is 0.407 e. The highest BCUT2D eigenvalue weighted by atomic mass is 35.5. The van der Waals surface area contributed by atoms with E-state index in [2.05, 4.69) is 9.97 Å². The second-order valence-corrected chi connectivity index (χ2v) is 7.51. The van der Waals surface area contributed by atoms with E-state index in [0.29, 0.717) is 47.0 Å². The standard InChI is InChI=1S/C17H14ClN3O4S/c1-25-16(22)10-5-9(18)6-11-14(10)20-15(19-11)12-4-8-2-3-21(17(23)24)7-13(8)26-12/h4-6H,2-3,7H2,1H3,(H,19,20)(H,23,24). The number of aromatic nitrogens is 2. The molecule has 0 fully saturated rings. The molecule has 1 amide bonds. The van der Waals surface area contributed by atoms with Crippen LogP contribution in [-0.4, -0.2) is 45.7 Å². The number of carbonyl (C=O) groups is 2. The molecule has 0 bridgehead atoms. The van der Waals surface area contributed by atoms with E-state index in [1.165, 1.54) is 29.4 Å². The first-order valence-electron chi connectivity index (χ1n) is 7.83. The van der Waals surface area contributed by atoms with E-state index in [1.807, 2.05) is 6.07 Å². The van der Waals surface area contributed by atoms with Gasteiger partial charge in [-0.15, -0.1) is 11.3 Å². The van der Waals surface area contributed by atoms with Crippen molar-refractivity contribution < 1.29 is 19.4 Å². The highest BCUT2D eigenvalue weighted by Crippen LogP contribution is 2.35. The number of hydrogen-bond acceptors (Lipinski definition) is 5. The number of fused-ring (bicyclic) bond motifs is 2. The molecule has 0 radical (unpaired) electrons. The number of nitrogens with zero attached hydrogens (tertiary/aromatic N) is 2. The van der Waals surface area contributed by atoms with Crippen molar-refractivity contribution in [1.82, 2.24) is 14.9 Å². The second kappa shape index (κ2) is 6.30. The molecular weight excluding hydrogens is 378 g/mol. The van der Waals surface area contributed by atoms with E-state index < -0.39 is 12.1 Å². The maximum absolute atomic E-state index is 12.0. The molecule has 7 nitrogen and oxygen atoms in total. The normalized spacial score (nSPS) is 13.7. The lowest BCUT2D eigenvalue weighted by Gasteiger charge is -2.23. The number of imidazole rings is 1. The highest BCUT2D eigenvalue weighted by Gasteiger charge is 2.24. The van der Waals surface area contributed by atoms with Crippen molar-refractivity contribution in [2.24, 2.45) is 0 Å². The molecule has 1 aliphatic rings. The van der Waals surface area contributed by atoms with Crippen molar-refractivity contribution in [3.05, 3.63) is 39.2 Å². The number of ether oxygens (including phenoxy) is 1. The first kappa shape index (κ1) is 16.9. The van der Waals surface area contributed by atoms with Gasteiger partial charge in [-0.2, -0.15) is 0 Å². The number of aromatic amines is 1. The molecule has 0 atom stereocenters. The Morgan fingerprint density at radius 2 is 2.19 bits per heavy atom. The van der Waals surface area contributed by atoms with E-state index in [4.69, 9.17) is 16.3 Å². The predicted molar refractivity (Wildman–Crippen MR) is 97.9 cm³/mol. The van der Waals surface area contributed by atoms with E-state index in [9.17, 15) is 14.7 Å². The lowest BCUT2D eigenvalue weighted by Crippen LogP contribution is -2.33. The van der Waals surface area contributed by atoms with Gasteiger partial charge in [-0.25, -0.2) is 14.6 Å². The molecule has 1 aliphatic heterocycles. The van der Waals surface area contributed by atoms with Gasteiger partial charge in [0.25, 0.3) is 0 Å². The van der Waals surface area contributed by atoms with Crippen LogP contribution in [0.1, 0.15) is 20.8 Å². The first-order valence-corrected chi connectivity index (χ1v) is 9.03. The van der Waals surface area contributed by atoms with Crippen molar-refractivity contribution in [1.29, 1.82) is 0 Å². The summed E-state index contributed by atoms with van der Waals surface area (Å²) >= 11 is 7.60. The average Bonchev–Trinajstić information content (AvgIpc) is 3.22. The smallest absolute Gasteiger partial charge is 0.407 e. The van der Waals surface area contributed by atoms with Crippen LogP contribution in [0.2, 0.25) is 5.02 Å². The number of esters is 1. The molecule has 3 heterocycles. The Morgan fingerprint density at radius 1 is 1.38 bits per heavy atom. The minimum absolute atomic E-state index is 0.302. The Morgan fingerprint density at radius 3 is 2.92 bits per heavy atom. The minimum atomic E-state index is -0.910.